The van der Waals surface area contributed by atoms with Crippen LogP contribution in [0, 0.1) is 5.41 Å². The fraction of sp³-hybridized carbons (Fsp3) is 0.750. The third kappa shape index (κ3) is 2.56. The van der Waals surface area contributed by atoms with Gasteiger partial charge in [-0.05, 0) is 6.42 Å². The van der Waals surface area contributed by atoms with Crippen LogP contribution in [-0.2, 0) is 0 Å². The summed E-state index contributed by atoms with van der Waals surface area (Å²) in [6, 6.07) is 0.171. The molecule has 1 aromatic rings. The van der Waals surface area contributed by atoms with Gasteiger partial charge in [-0.25, -0.2) is 0 Å². The lowest BCUT2D eigenvalue weighted by Crippen LogP contribution is -2.57. The average molecular weight is 266 g/mol. The summed E-state index contributed by atoms with van der Waals surface area (Å²) in [5.41, 5.74) is -0.162. The first-order chi connectivity index (χ1) is 8.84. The van der Waals surface area contributed by atoms with Gasteiger partial charge in [-0.15, -0.1) is 0 Å². The molecule has 2 unspecified atom stereocenters. The number of aliphatic hydroxyl groups is 1. The van der Waals surface area contributed by atoms with Crippen molar-refractivity contribution in [2.75, 3.05) is 36.7 Å². The second-order valence-electron chi connectivity index (χ2n) is 5.70. The highest BCUT2D eigenvalue weighted by Crippen LogP contribution is 2.41. The topological polar surface area (TPSA) is 86.2 Å². The van der Waals surface area contributed by atoms with Crippen LogP contribution in [0.15, 0.2) is 0 Å². The molecule has 7 heteroatoms. The lowest BCUT2D eigenvalue weighted by Gasteiger charge is -2.49. The van der Waals surface area contributed by atoms with E-state index in [9.17, 15) is 5.11 Å². The Morgan fingerprint density at radius 3 is 2.32 bits per heavy atom. The molecule has 0 spiro atoms. The molecule has 2 atom stereocenters. The summed E-state index contributed by atoms with van der Waals surface area (Å²) in [4.78, 5) is 14.7. The average Bonchev–Trinajstić information content (AvgIpc) is 2.38. The van der Waals surface area contributed by atoms with Crippen LogP contribution in [0.2, 0.25) is 0 Å². The minimum Gasteiger partial charge on any atom is -0.392 e. The highest BCUT2D eigenvalue weighted by molar-refractivity contribution is 5.43. The third-order valence-electron chi connectivity index (χ3n) is 3.77. The molecule has 3 N–H and O–H groups in total. The summed E-state index contributed by atoms with van der Waals surface area (Å²) in [7, 11) is 5.54. The van der Waals surface area contributed by atoms with E-state index in [1.54, 1.807) is 7.05 Å². The molecule has 0 aliphatic heterocycles. The lowest BCUT2D eigenvalue weighted by atomic mass is 9.65. The summed E-state index contributed by atoms with van der Waals surface area (Å²) in [6.07, 6.45) is 0.439. The van der Waals surface area contributed by atoms with Gasteiger partial charge < -0.3 is 20.6 Å². The molecule has 19 heavy (non-hydrogen) atoms. The molecule has 1 saturated carbocycles. The summed E-state index contributed by atoms with van der Waals surface area (Å²) < 4.78 is 0. The SMILES string of the molecule is CNc1nc(NC2CC(O)C2(C)C)nc(N(C)C)n1. The molecule has 1 aliphatic rings. The number of rotatable bonds is 4. The van der Waals surface area contributed by atoms with Crippen molar-refractivity contribution in [1.82, 2.24) is 15.0 Å². The van der Waals surface area contributed by atoms with E-state index in [1.807, 2.05) is 32.8 Å². The fourth-order valence-corrected chi connectivity index (χ4v) is 2.04. The van der Waals surface area contributed by atoms with Crippen molar-refractivity contribution in [3.8, 4) is 0 Å². The summed E-state index contributed by atoms with van der Waals surface area (Å²) in [5, 5.41) is 16.0. The number of aliphatic hydroxyl groups excluding tert-OH is 1. The van der Waals surface area contributed by atoms with Gasteiger partial charge in [0.25, 0.3) is 0 Å². The first-order valence-electron chi connectivity index (χ1n) is 6.40. The molecule has 106 valence electrons. The number of aromatic nitrogens is 3. The van der Waals surface area contributed by atoms with Gasteiger partial charge in [0, 0.05) is 32.6 Å². The molecular formula is C12H22N6O. The zero-order valence-corrected chi connectivity index (χ0v) is 12.1. The Balaban J connectivity index is 2.18. The molecule has 1 aromatic heterocycles. The predicted octanol–water partition coefficient (Wildman–Crippen LogP) is 0.551. The second kappa shape index (κ2) is 4.80. The molecule has 2 rings (SSSR count). The Morgan fingerprint density at radius 1 is 1.21 bits per heavy atom. The van der Waals surface area contributed by atoms with Gasteiger partial charge in [0.1, 0.15) is 0 Å². The highest BCUT2D eigenvalue weighted by atomic mass is 16.3. The maximum atomic E-state index is 9.75. The maximum absolute atomic E-state index is 9.75. The molecule has 0 radical (unpaired) electrons. The minimum absolute atomic E-state index is 0.162. The van der Waals surface area contributed by atoms with Crippen molar-refractivity contribution in [2.45, 2.75) is 32.4 Å². The number of hydrogen-bond acceptors (Lipinski definition) is 7. The lowest BCUT2D eigenvalue weighted by molar-refractivity contribution is -0.0512. The Kier molecular flexibility index (Phi) is 3.49. The van der Waals surface area contributed by atoms with E-state index in [4.69, 9.17) is 0 Å². The van der Waals surface area contributed by atoms with E-state index in [-0.39, 0.29) is 17.6 Å². The van der Waals surface area contributed by atoms with Crippen LogP contribution in [0.25, 0.3) is 0 Å². The molecule has 0 saturated heterocycles. The summed E-state index contributed by atoms with van der Waals surface area (Å²) in [6.45, 7) is 4.07. The van der Waals surface area contributed by atoms with Crippen molar-refractivity contribution < 1.29 is 5.11 Å². The molecule has 1 fully saturated rings. The van der Waals surface area contributed by atoms with Gasteiger partial charge in [-0.1, -0.05) is 13.8 Å². The van der Waals surface area contributed by atoms with Gasteiger partial charge in [0.2, 0.25) is 17.8 Å². The van der Waals surface area contributed by atoms with Gasteiger partial charge in [-0.3, -0.25) is 0 Å². The van der Waals surface area contributed by atoms with Crippen molar-refractivity contribution in [3.63, 3.8) is 0 Å². The standard InChI is InChI=1S/C12H22N6O/c1-12(2)7(6-8(12)19)14-10-15-9(13-3)16-11(17-10)18(4)5/h7-8,19H,6H2,1-5H3,(H2,13,14,15,16,17). The molecule has 7 nitrogen and oxygen atoms in total. The molecule has 0 aromatic carbocycles. The Labute approximate surface area is 113 Å². The van der Waals surface area contributed by atoms with E-state index in [0.29, 0.717) is 24.3 Å². The van der Waals surface area contributed by atoms with Crippen LogP contribution in [-0.4, -0.2) is 53.3 Å². The largest absolute Gasteiger partial charge is 0.392 e. The molecule has 0 amide bonds. The first-order valence-corrected chi connectivity index (χ1v) is 6.40. The van der Waals surface area contributed by atoms with Crippen molar-refractivity contribution in [2.24, 2.45) is 5.41 Å². The van der Waals surface area contributed by atoms with Gasteiger partial charge in [-0.2, -0.15) is 15.0 Å². The van der Waals surface area contributed by atoms with E-state index >= 15 is 0 Å². The van der Waals surface area contributed by atoms with Crippen molar-refractivity contribution in [1.29, 1.82) is 0 Å². The summed E-state index contributed by atoms with van der Waals surface area (Å²) >= 11 is 0. The normalized spacial score (nSPS) is 24.5. The molecular weight excluding hydrogens is 244 g/mol. The van der Waals surface area contributed by atoms with Crippen LogP contribution < -0.4 is 15.5 Å². The fourth-order valence-electron chi connectivity index (χ4n) is 2.04. The van der Waals surface area contributed by atoms with Crippen LogP contribution >= 0.6 is 0 Å². The van der Waals surface area contributed by atoms with Crippen LogP contribution in [0.1, 0.15) is 20.3 Å². The third-order valence-corrected chi connectivity index (χ3v) is 3.77. The second-order valence-corrected chi connectivity index (χ2v) is 5.70. The van der Waals surface area contributed by atoms with Crippen molar-refractivity contribution >= 4 is 17.8 Å². The highest BCUT2D eigenvalue weighted by Gasteiger charge is 2.47. The maximum Gasteiger partial charge on any atom is 0.231 e. The van der Waals surface area contributed by atoms with E-state index in [0.717, 1.165) is 0 Å². The smallest absolute Gasteiger partial charge is 0.231 e. The number of anilines is 3. The predicted molar refractivity (Wildman–Crippen MR) is 75.5 cm³/mol. The summed E-state index contributed by atoms with van der Waals surface area (Å²) in [5.74, 6) is 1.66. The van der Waals surface area contributed by atoms with Gasteiger partial charge >= 0.3 is 0 Å². The zero-order chi connectivity index (χ0) is 14.2. The number of nitrogens with one attached hydrogen (secondary N) is 2. The Hall–Kier alpha value is -1.63. The van der Waals surface area contributed by atoms with E-state index in [1.165, 1.54) is 0 Å². The minimum atomic E-state index is -0.274. The monoisotopic (exact) mass is 266 g/mol. The number of nitrogens with zero attached hydrogens (tertiary/aromatic N) is 4. The number of hydrogen-bond donors (Lipinski definition) is 3. The van der Waals surface area contributed by atoms with Gasteiger partial charge in [0.15, 0.2) is 0 Å². The Bertz CT molecular complexity index is 462. The first kappa shape index (κ1) is 13.8. The zero-order valence-electron chi connectivity index (χ0n) is 12.1. The van der Waals surface area contributed by atoms with E-state index in [2.05, 4.69) is 25.6 Å². The molecule has 1 heterocycles. The van der Waals surface area contributed by atoms with Crippen LogP contribution in [0.4, 0.5) is 17.8 Å². The molecule has 1 aliphatic carbocycles. The van der Waals surface area contributed by atoms with Gasteiger partial charge in [0.05, 0.1) is 6.10 Å². The molecule has 0 bridgehead atoms. The van der Waals surface area contributed by atoms with Crippen molar-refractivity contribution in [3.05, 3.63) is 0 Å². The Morgan fingerprint density at radius 2 is 1.84 bits per heavy atom. The quantitative estimate of drug-likeness (QED) is 0.733. The van der Waals surface area contributed by atoms with Crippen LogP contribution in [0.5, 0.6) is 0 Å². The van der Waals surface area contributed by atoms with E-state index < -0.39 is 0 Å². The van der Waals surface area contributed by atoms with Crippen LogP contribution in [0.3, 0.4) is 0 Å².